The SMILES string of the molecule is CN1CC=CN=C1N1CCNCC1. The van der Waals surface area contributed by atoms with Gasteiger partial charge in [-0.15, -0.1) is 0 Å². The van der Waals surface area contributed by atoms with E-state index in [-0.39, 0.29) is 0 Å². The van der Waals surface area contributed by atoms with E-state index in [1.54, 1.807) is 0 Å². The van der Waals surface area contributed by atoms with Gasteiger partial charge in [-0.25, -0.2) is 4.99 Å². The summed E-state index contributed by atoms with van der Waals surface area (Å²) in [5, 5.41) is 3.34. The summed E-state index contributed by atoms with van der Waals surface area (Å²) in [6.45, 7) is 5.24. The Kier molecular flexibility index (Phi) is 2.49. The lowest BCUT2D eigenvalue weighted by molar-refractivity contribution is 0.314. The molecule has 0 spiro atoms. The van der Waals surface area contributed by atoms with Gasteiger partial charge in [-0.3, -0.25) is 0 Å². The first-order valence-electron chi connectivity index (χ1n) is 4.77. The first-order chi connectivity index (χ1) is 6.38. The van der Waals surface area contributed by atoms with Crippen molar-refractivity contribution in [3.63, 3.8) is 0 Å². The zero-order valence-corrected chi connectivity index (χ0v) is 8.03. The lowest BCUT2D eigenvalue weighted by atomic mass is 10.3. The molecule has 0 aromatic rings. The van der Waals surface area contributed by atoms with Gasteiger partial charge in [0.1, 0.15) is 0 Å². The van der Waals surface area contributed by atoms with Gasteiger partial charge in [-0.2, -0.15) is 0 Å². The van der Waals surface area contributed by atoms with Crippen LogP contribution in [0.25, 0.3) is 0 Å². The van der Waals surface area contributed by atoms with Gasteiger partial charge in [0, 0.05) is 46.0 Å². The summed E-state index contributed by atoms with van der Waals surface area (Å²) in [4.78, 5) is 8.91. The van der Waals surface area contributed by atoms with Crippen LogP contribution in [0.4, 0.5) is 0 Å². The van der Waals surface area contributed by atoms with Crippen LogP contribution in [0.3, 0.4) is 0 Å². The highest BCUT2D eigenvalue weighted by Gasteiger charge is 2.17. The Bertz CT molecular complexity index is 228. The fourth-order valence-electron chi connectivity index (χ4n) is 1.69. The highest BCUT2D eigenvalue weighted by atomic mass is 15.4. The van der Waals surface area contributed by atoms with E-state index in [9.17, 15) is 0 Å². The molecule has 0 amide bonds. The molecular weight excluding hydrogens is 164 g/mol. The number of rotatable bonds is 0. The van der Waals surface area contributed by atoms with Crippen LogP contribution in [0.15, 0.2) is 17.3 Å². The highest BCUT2D eigenvalue weighted by molar-refractivity contribution is 5.81. The van der Waals surface area contributed by atoms with E-state index in [1.807, 2.05) is 6.20 Å². The molecule has 72 valence electrons. The molecule has 1 saturated heterocycles. The number of nitrogens with zero attached hydrogens (tertiary/aromatic N) is 3. The molecule has 0 atom stereocenters. The maximum atomic E-state index is 4.39. The molecule has 2 aliphatic rings. The maximum absolute atomic E-state index is 4.39. The molecule has 0 aliphatic carbocycles. The van der Waals surface area contributed by atoms with E-state index in [1.165, 1.54) is 0 Å². The Balaban J connectivity index is 2.04. The minimum absolute atomic E-state index is 0.975. The second-order valence-corrected chi connectivity index (χ2v) is 3.43. The molecule has 0 bridgehead atoms. The normalized spacial score (nSPS) is 23.3. The second kappa shape index (κ2) is 3.79. The topological polar surface area (TPSA) is 30.9 Å². The Morgan fingerprint density at radius 2 is 2.15 bits per heavy atom. The second-order valence-electron chi connectivity index (χ2n) is 3.43. The van der Waals surface area contributed by atoms with E-state index in [0.717, 1.165) is 38.7 Å². The number of likely N-dealkylation sites (N-methyl/N-ethyl adjacent to an activating group) is 1. The van der Waals surface area contributed by atoms with Gasteiger partial charge in [0.15, 0.2) is 0 Å². The lowest BCUT2D eigenvalue weighted by Gasteiger charge is -2.35. The number of aliphatic imine (C=N–C) groups is 1. The smallest absolute Gasteiger partial charge is 0.201 e. The predicted octanol–water partition coefficient (Wildman–Crippen LogP) is -0.293. The monoisotopic (exact) mass is 180 g/mol. The van der Waals surface area contributed by atoms with Crippen LogP contribution in [-0.4, -0.2) is 55.5 Å². The van der Waals surface area contributed by atoms with E-state index in [2.05, 4.69) is 33.2 Å². The predicted molar refractivity (Wildman–Crippen MR) is 53.6 cm³/mol. The van der Waals surface area contributed by atoms with Crippen LogP contribution < -0.4 is 5.32 Å². The van der Waals surface area contributed by atoms with E-state index in [0.29, 0.717) is 0 Å². The molecule has 2 rings (SSSR count). The summed E-state index contributed by atoms with van der Waals surface area (Å²) < 4.78 is 0. The Morgan fingerprint density at radius 1 is 1.38 bits per heavy atom. The third kappa shape index (κ3) is 1.83. The van der Waals surface area contributed by atoms with Crippen LogP contribution in [0, 0.1) is 0 Å². The molecule has 2 aliphatic heterocycles. The van der Waals surface area contributed by atoms with E-state index in [4.69, 9.17) is 0 Å². The van der Waals surface area contributed by atoms with Crippen molar-refractivity contribution in [3.8, 4) is 0 Å². The number of hydrogen-bond donors (Lipinski definition) is 1. The van der Waals surface area contributed by atoms with Gasteiger partial charge < -0.3 is 15.1 Å². The first kappa shape index (κ1) is 8.56. The molecule has 4 nitrogen and oxygen atoms in total. The Labute approximate surface area is 78.9 Å². The van der Waals surface area contributed by atoms with Crippen LogP contribution in [-0.2, 0) is 0 Å². The van der Waals surface area contributed by atoms with Gasteiger partial charge in [0.05, 0.1) is 0 Å². The van der Waals surface area contributed by atoms with Gasteiger partial charge in [-0.1, -0.05) is 0 Å². The zero-order valence-electron chi connectivity index (χ0n) is 8.03. The number of nitrogens with one attached hydrogen (secondary N) is 1. The quantitative estimate of drug-likeness (QED) is 0.555. The van der Waals surface area contributed by atoms with Crippen molar-refractivity contribution in [2.75, 3.05) is 39.8 Å². The van der Waals surface area contributed by atoms with Crippen molar-refractivity contribution in [2.24, 2.45) is 4.99 Å². The summed E-state index contributed by atoms with van der Waals surface area (Å²) in [6.07, 6.45) is 3.98. The molecular formula is C9H16N4. The summed E-state index contributed by atoms with van der Waals surface area (Å²) in [5.41, 5.74) is 0. The fourth-order valence-corrected chi connectivity index (χ4v) is 1.69. The van der Waals surface area contributed by atoms with Crippen LogP contribution >= 0.6 is 0 Å². The summed E-state index contributed by atoms with van der Waals surface area (Å²) >= 11 is 0. The Hall–Kier alpha value is -1.03. The molecule has 4 heteroatoms. The average Bonchev–Trinajstić information content (AvgIpc) is 2.20. The third-order valence-electron chi connectivity index (χ3n) is 2.42. The van der Waals surface area contributed by atoms with Crippen molar-refractivity contribution < 1.29 is 0 Å². The fraction of sp³-hybridized carbons (Fsp3) is 0.667. The molecule has 0 unspecified atom stereocenters. The number of guanidine groups is 1. The number of hydrogen-bond acceptors (Lipinski definition) is 4. The summed E-state index contributed by atoms with van der Waals surface area (Å²) in [5.74, 6) is 1.11. The lowest BCUT2D eigenvalue weighted by Crippen LogP contribution is -2.51. The minimum atomic E-state index is 0.975. The Morgan fingerprint density at radius 3 is 2.85 bits per heavy atom. The van der Waals surface area contributed by atoms with E-state index < -0.39 is 0 Å². The van der Waals surface area contributed by atoms with Gasteiger partial charge >= 0.3 is 0 Å². The summed E-state index contributed by atoms with van der Waals surface area (Å²) in [6, 6.07) is 0. The van der Waals surface area contributed by atoms with Crippen molar-refractivity contribution in [2.45, 2.75) is 0 Å². The standard InChI is InChI=1S/C9H16N4/c1-12-6-2-3-11-9(12)13-7-4-10-5-8-13/h2-3,10H,4-8H2,1H3. The van der Waals surface area contributed by atoms with Gasteiger partial charge in [-0.05, 0) is 6.08 Å². The number of piperazine rings is 1. The van der Waals surface area contributed by atoms with Crippen LogP contribution in [0.5, 0.6) is 0 Å². The first-order valence-corrected chi connectivity index (χ1v) is 4.77. The molecule has 1 N–H and O–H groups in total. The molecule has 0 aromatic heterocycles. The molecule has 0 radical (unpaired) electrons. The molecule has 0 saturated carbocycles. The molecule has 2 heterocycles. The van der Waals surface area contributed by atoms with Gasteiger partial charge in [0.2, 0.25) is 5.96 Å². The van der Waals surface area contributed by atoms with Crippen molar-refractivity contribution >= 4 is 5.96 Å². The van der Waals surface area contributed by atoms with Crippen LogP contribution in [0.1, 0.15) is 0 Å². The largest absolute Gasteiger partial charge is 0.342 e. The maximum Gasteiger partial charge on any atom is 0.201 e. The van der Waals surface area contributed by atoms with Crippen molar-refractivity contribution in [3.05, 3.63) is 12.3 Å². The average molecular weight is 180 g/mol. The molecule has 0 aromatic carbocycles. The molecule has 13 heavy (non-hydrogen) atoms. The third-order valence-corrected chi connectivity index (χ3v) is 2.42. The summed E-state index contributed by atoms with van der Waals surface area (Å²) in [7, 11) is 2.09. The van der Waals surface area contributed by atoms with Crippen molar-refractivity contribution in [1.29, 1.82) is 0 Å². The van der Waals surface area contributed by atoms with Gasteiger partial charge in [0.25, 0.3) is 0 Å². The zero-order chi connectivity index (χ0) is 9.10. The van der Waals surface area contributed by atoms with Crippen molar-refractivity contribution in [1.82, 2.24) is 15.1 Å². The molecule has 1 fully saturated rings. The van der Waals surface area contributed by atoms with E-state index >= 15 is 0 Å². The minimum Gasteiger partial charge on any atom is -0.342 e. The van der Waals surface area contributed by atoms with Crippen LogP contribution in [0.2, 0.25) is 0 Å². The highest BCUT2D eigenvalue weighted by Crippen LogP contribution is 2.03.